The lowest BCUT2D eigenvalue weighted by Gasteiger charge is -2.21. The molecule has 0 radical (unpaired) electrons. The smallest absolute Gasteiger partial charge is 0.446 e. The molecule has 3 aromatic heterocycles. The fraction of sp³-hybridized carbons (Fsp3) is 0.259. The van der Waals surface area contributed by atoms with Crippen LogP contribution >= 0.6 is 11.6 Å². The molecule has 0 spiro atoms. The Morgan fingerprint density at radius 2 is 1.80 bits per heavy atom. The molecule has 0 amide bonds. The molecule has 0 aliphatic heterocycles. The van der Waals surface area contributed by atoms with Crippen molar-refractivity contribution < 1.29 is 35.2 Å². The summed E-state index contributed by atoms with van der Waals surface area (Å²) in [6.45, 7) is -0.245. The van der Waals surface area contributed by atoms with Crippen LogP contribution in [-0.2, 0) is 33.0 Å². The summed E-state index contributed by atoms with van der Waals surface area (Å²) in [6.07, 6.45) is 3.17. The molecule has 0 aliphatic rings. The Morgan fingerprint density at radius 1 is 1.04 bits per heavy atom. The summed E-state index contributed by atoms with van der Waals surface area (Å²) in [4.78, 5) is 21.3. The maximum absolute atomic E-state index is 13.9. The molecular formula is C27H26ClFN6O8S2. The van der Waals surface area contributed by atoms with E-state index in [1.54, 1.807) is 18.2 Å². The molecule has 18 heteroatoms. The van der Waals surface area contributed by atoms with Crippen molar-refractivity contribution in [1.82, 2.24) is 28.0 Å². The van der Waals surface area contributed by atoms with Crippen LogP contribution < -0.4 is 15.2 Å². The van der Waals surface area contributed by atoms with Crippen LogP contribution in [0.2, 0.25) is 5.02 Å². The molecule has 0 N–H and O–H groups in total. The summed E-state index contributed by atoms with van der Waals surface area (Å²) in [5.74, 6) is -0.888. The van der Waals surface area contributed by atoms with E-state index in [-0.39, 0.29) is 58.6 Å². The van der Waals surface area contributed by atoms with Crippen molar-refractivity contribution in [1.29, 1.82) is 0 Å². The molecule has 0 saturated heterocycles. The number of aromatic nitrogens is 5. The van der Waals surface area contributed by atoms with Crippen molar-refractivity contribution in [2.75, 3.05) is 33.3 Å². The molecule has 5 rings (SSSR count). The van der Waals surface area contributed by atoms with E-state index in [0.717, 1.165) is 31.4 Å². The number of methoxy groups -OCH3 is 2. The zero-order valence-corrected chi connectivity index (χ0v) is 26.7. The number of imidazole rings is 1. The van der Waals surface area contributed by atoms with Crippen molar-refractivity contribution in [2.45, 2.75) is 13.0 Å². The van der Waals surface area contributed by atoms with E-state index in [0.29, 0.717) is 17.1 Å². The van der Waals surface area contributed by atoms with Crippen LogP contribution in [0.3, 0.4) is 0 Å². The van der Waals surface area contributed by atoms with Crippen molar-refractivity contribution >= 4 is 42.8 Å². The van der Waals surface area contributed by atoms with E-state index in [1.807, 2.05) is 0 Å². The fourth-order valence-electron chi connectivity index (χ4n) is 4.75. The molecule has 45 heavy (non-hydrogen) atoms. The van der Waals surface area contributed by atoms with E-state index >= 15 is 0 Å². The normalized spacial score (nSPS) is 12.2. The van der Waals surface area contributed by atoms with Crippen LogP contribution in [0.15, 0.2) is 58.0 Å². The molecule has 0 aliphatic carbocycles. The van der Waals surface area contributed by atoms with Crippen LogP contribution in [0, 0.1) is 5.82 Å². The van der Waals surface area contributed by atoms with Crippen molar-refractivity contribution in [3.05, 3.63) is 81.4 Å². The highest BCUT2D eigenvalue weighted by Crippen LogP contribution is 2.31. The number of hydrogen-bond donors (Lipinski definition) is 0. The number of benzene rings is 2. The van der Waals surface area contributed by atoms with Gasteiger partial charge >= 0.3 is 5.76 Å². The van der Waals surface area contributed by atoms with Crippen LogP contribution in [0.4, 0.5) is 4.39 Å². The zero-order valence-electron chi connectivity index (χ0n) is 24.3. The second-order valence-electron chi connectivity index (χ2n) is 9.82. The Kier molecular flexibility index (Phi) is 8.72. The van der Waals surface area contributed by atoms with Crippen LogP contribution in [0.5, 0.6) is 11.5 Å². The van der Waals surface area contributed by atoms with Crippen LogP contribution in [0.1, 0.15) is 11.4 Å². The average molecular weight is 681 g/mol. The highest BCUT2D eigenvalue weighted by molar-refractivity contribution is 7.89. The van der Waals surface area contributed by atoms with Gasteiger partial charge in [-0.05, 0) is 30.3 Å². The van der Waals surface area contributed by atoms with Gasteiger partial charge in [0.1, 0.15) is 28.7 Å². The monoisotopic (exact) mass is 680 g/mol. The van der Waals surface area contributed by atoms with E-state index < -0.39 is 31.6 Å². The van der Waals surface area contributed by atoms with Gasteiger partial charge in [0, 0.05) is 37.3 Å². The van der Waals surface area contributed by atoms with Crippen molar-refractivity contribution in [2.24, 2.45) is 0 Å². The highest BCUT2D eigenvalue weighted by Gasteiger charge is 2.27. The van der Waals surface area contributed by atoms with Crippen LogP contribution in [0.25, 0.3) is 28.2 Å². The third kappa shape index (κ3) is 6.42. The van der Waals surface area contributed by atoms with Gasteiger partial charge in [-0.2, -0.15) is 4.31 Å². The van der Waals surface area contributed by atoms with Crippen LogP contribution in [-0.4, -0.2) is 78.1 Å². The minimum absolute atomic E-state index is 0.0187. The molecule has 5 aromatic rings. The Morgan fingerprint density at radius 3 is 2.44 bits per heavy atom. The first-order chi connectivity index (χ1) is 21.2. The van der Waals surface area contributed by atoms with Gasteiger partial charge in [0.25, 0.3) is 0 Å². The van der Waals surface area contributed by atoms with E-state index in [4.69, 9.17) is 25.6 Å². The third-order valence-corrected chi connectivity index (χ3v) is 9.41. The summed E-state index contributed by atoms with van der Waals surface area (Å²) in [5, 5.41) is 3.58. The molecule has 0 unspecified atom stereocenters. The number of ether oxygens (including phenoxy) is 2. The van der Waals surface area contributed by atoms with Crippen molar-refractivity contribution in [3.8, 4) is 28.6 Å². The van der Waals surface area contributed by atoms with Gasteiger partial charge < -0.3 is 9.47 Å². The number of halogens is 2. The predicted octanol–water partition coefficient (Wildman–Crippen LogP) is 2.86. The van der Waals surface area contributed by atoms with Gasteiger partial charge in [0.2, 0.25) is 20.0 Å². The molecule has 0 bridgehead atoms. The SMILES string of the molecule is COc1ccc(CN(CCc2nc3nccc(-c4noc(=O)n4-c4ccc(F)c(Cl)c4)c3n2S(C)(=O)=O)S(C)(=O)=O)c(OC)c1. The Hall–Kier alpha value is -4.32. The highest BCUT2D eigenvalue weighted by atomic mass is 35.5. The number of rotatable bonds is 11. The molecule has 2 aromatic carbocycles. The lowest BCUT2D eigenvalue weighted by molar-refractivity contribution is 0.373. The molecule has 3 heterocycles. The Bertz CT molecular complexity index is 2200. The molecule has 14 nitrogen and oxygen atoms in total. The third-order valence-electron chi connectivity index (χ3n) is 6.81. The second-order valence-corrected chi connectivity index (χ2v) is 14.0. The number of fused-ring (bicyclic) bond motifs is 1. The summed E-state index contributed by atoms with van der Waals surface area (Å²) in [5.41, 5.74) is 0.700. The average Bonchev–Trinajstić information content (AvgIpc) is 3.56. The van der Waals surface area contributed by atoms with E-state index in [2.05, 4.69) is 15.1 Å². The first-order valence-electron chi connectivity index (χ1n) is 13.0. The fourth-order valence-corrected chi connectivity index (χ4v) is 6.75. The maximum atomic E-state index is 13.9. The van der Waals surface area contributed by atoms with Gasteiger partial charge in [-0.1, -0.05) is 22.8 Å². The summed E-state index contributed by atoms with van der Waals surface area (Å²) >= 11 is 5.93. The van der Waals surface area contributed by atoms with Crippen molar-refractivity contribution in [3.63, 3.8) is 0 Å². The molecule has 238 valence electrons. The van der Waals surface area contributed by atoms with Gasteiger partial charge in [0.15, 0.2) is 11.5 Å². The van der Waals surface area contributed by atoms with E-state index in [9.17, 15) is 26.0 Å². The van der Waals surface area contributed by atoms with E-state index in [1.165, 1.54) is 38.6 Å². The predicted molar refractivity (Wildman–Crippen MR) is 162 cm³/mol. The number of hydrogen-bond acceptors (Lipinski definition) is 11. The minimum Gasteiger partial charge on any atom is -0.497 e. The van der Waals surface area contributed by atoms with Gasteiger partial charge in [-0.25, -0.2) is 44.5 Å². The lowest BCUT2D eigenvalue weighted by Crippen LogP contribution is -2.32. The molecular weight excluding hydrogens is 655 g/mol. The second kappa shape index (κ2) is 12.2. The van der Waals surface area contributed by atoms with Gasteiger partial charge in [0.05, 0.1) is 43.0 Å². The summed E-state index contributed by atoms with van der Waals surface area (Å²) < 4.78 is 84.4. The number of pyridine rings is 1. The first-order valence-corrected chi connectivity index (χ1v) is 17.1. The Balaban J connectivity index is 1.59. The zero-order chi connectivity index (χ0) is 32.7. The number of sulfonamides is 1. The van der Waals surface area contributed by atoms with Gasteiger partial charge in [-0.3, -0.25) is 4.52 Å². The minimum atomic E-state index is -4.10. The first kappa shape index (κ1) is 32.1. The topological polar surface area (TPSA) is 169 Å². The quantitative estimate of drug-likeness (QED) is 0.201. The van der Waals surface area contributed by atoms with Gasteiger partial charge in [-0.15, -0.1) is 0 Å². The lowest BCUT2D eigenvalue weighted by atomic mass is 10.2. The maximum Gasteiger partial charge on any atom is 0.446 e. The summed E-state index contributed by atoms with van der Waals surface area (Å²) in [7, 11) is -4.95. The molecule has 0 atom stereocenters. The Labute approximate surface area is 261 Å². The molecule has 0 saturated carbocycles. The standard InChI is InChI=1S/C27H26ClFN6O8S2/c1-41-18-7-5-16(22(14-18)42-2)15-33(44(3,37)38)12-10-23-31-25-24(35(23)45(4,39)40)19(9-11-30-25)26-32-43-27(36)34(26)17-6-8-21(29)20(28)13-17/h5-9,11,13-14H,10,12,15H2,1-4H3. The molecule has 0 fully saturated rings. The largest absolute Gasteiger partial charge is 0.497 e. The number of nitrogens with zero attached hydrogens (tertiary/aromatic N) is 6. The summed E-state index contributed by atoms with van der Waals surface area (Å²) in [6, 6.07) is 9.88.